The molecule has 0 unspecified atom stereocenters. The second-order valence-corrected chi connectivity index (χ2v) is 6.77. The van der Waals surface area contributed by atoms with Crippen LogP contribution in [0.2, 0.25) is 0 Å². The van der Waals surface area contributed by atoms with Crippen molar-refractivity contribution < 1.29 is 23.8 Å². The number of hydrogen-bond donors (Lipinski definition) is 0. The first kappa shape index (κ1) is 19.0. The molecule has 0 aliphatic carbocycles. The molecule has 8 nitrogen and oxygen atoms in total. The monoisotopic (exact) mass is 397 g/mol. The number of pyridine rings is 1. The standard InChI is InChI=1S/C21H23N3O5/c1-2-27-19-15(6-5-9-22-19)20(25)23-10-12-24(13-11-23)21(26)18-14-28-16-7-3-4-8-17(16)29-18/h3-9,18H,2,10-14H2,1H3/t18-/m0/s1. The quantitative estimate of drug-likeness (QED) is 0.780. The highest BCUT2D eigenvalue weighted by molar-refractivity contribution is 5.96. The number of benzene rings is 1. The third-order valence-electron chi connectivity index (χ3n) is 4.95. The number of rotatable bonds is 4. The van der Waals surface area contributed by atoms with E-state index in [0.717, 1.165) is 0 Å². The van der Waals surface area contributed by atoms with Crippen molar-refractivity contribution in [1.29, 1.82) is 0 Å². The van der Waals surface area contributed by atoms with Crippen molar-refractivity contribution >= 4 is 11.8 Å². The number of fused-ring (bicyclic) bond motifs is 1. The smallest absolute Gasteiger partial charge is 0.267 e. The van der Waals surface area contributed by atoms with Gasteiger partial charge in [-0.05, 0) is 31.2 Å². The van der Waals surface area contributed by atoms with E-state index in [9.17, 15) is 9.59 Å². The maximum Gasteiger partial charge on any atom is 0.267 e. The summed E-state index contributed by atoms with van der Waals surface area (Å²) in [6.07, 6.45) is 0.929. The van der Waals surface area contributed by atoms with Crippen molar-refractivity contribution in [3.05, 3.63) is 48.2 Å². The number of amides is 2. The van der Waals surface area contributed by atoms with E-state index >= 15 is 0 Å². The van der Waals surface area contributed by atoms with E-state index in [1.807, 2.05) is 25.1 Å². The molecule has 3 heterocycles. The molecule has 2 aliphatic heterocycles. The highest BCUT2D eigenvalue weighted by atomic mass is 16.6. The highest BCUT2D eigenvalue weighted by Gasteiger charge is 2.34. The summed E-state index contributed by atoms with van der Waals surface area (Å²) in [5.41, 5.74) is 0.440. The minimum Gasteiger partial charge on any atom is -0.485 e. The van der Waals surface area contributed by atoms with Crippen molar-refractivity contribution in [3.63, 3.8) is 0 Å². The van der Waals surface area contributed by atoms with E-state index in [2.05, 4.69) is 4.98 Å². The van der Waals surface area contributed by atoms with Gasteiger partial charge < -0.3 is 24.0 Å². The van der Waals surface area contributed by atoms with Crippen molar-refractivity contribution in [1.82, 2.24) is 14.8 Å². The molecule has 2 aliphatic rings. The zero-order valence-corrected chi connectivity index (χ0v) is 16.2. The third kappa shape index (κ3) is 3.96. The van der Waals surface area contributed by atoms with Crippen LogP contribution in [0.1, 0.15) is 17.3 Å². The lowest BCUT2D eigenvalue weighted by Gasteiger charge is -2.37. The van der Waals surface area contributed by atoms with Crippen LogP contribution in [0, 0.1) is 0 Å². The number of hydrogen-bond acceptors (Lipinski definition) is 6. The Hall–Kier alpha value is -3.29. The number of piperazine rings is 1. The molecule has 8 heteroatoms. The van der Waals surface area contributed by atoms with E-state index in [0.29, 0.717) is 55.7 Å². The lowest BCUT2D eigenvalue weighted by Crippen LogP contribution is -2.55. The Morgan fingerprint density at radius 3 is 2.55 bits per heavy atom. The number of ether oxygens (including phenoxy) is 3. The van der Waals surface area contributed by atoms with Gasteiger partial charge in [-0.25, -0.2) is 4.98 Å². The normalized spacial score (nSPS) is 18.3. The van der Waals surface area contributed by atoms with Crippen molar-refractivity contribution in [2.75, 3.05) is 39.4 Å². The molecule has 2 amide bonds. The second kappa shape index (κ2) is 8.38. The number of aromatic nitrogens is 1. The first-order valence-electron chi connectivity index (χ1n) is 9.71. The Labute approximate surface area is 169 Å². The van der Waals surface area contributed by atoms with Crippen LogP contribution in [-0.2, 0) is 4.79 Å². The fourth-order valence-corrected chi connectivity index (χ4v) is 3.45. The SMILES string of the molecule is CCOc1ncccc1C(=O)N1CCN(C(=O)[C@@H]2COc3ccccc3O2)CC1. The number of nitrogens with zero attached hydrogens (tertiary/aromatic N) is 3. The van der Waals surface area contributed by atoms with E-state index < -0.39 is 6.10 Å². The zero-order chi connectivity index (χ0) is 20.2. The molecule has 1 aromatic heterocycles. The molecule has 1 fully saturated rings. The van der Waals surface area contributed by atoms with Crippen molar-refractivity contribution in [3.8, 4) is 17.4 Å². The minimum absolute atomic E-state index is 0.122. The molecule has 0 saturated carbocycles. The summed E-state index contributed by atoms with van der Waals surface area (Å²) in [6.45, 7) is 4.23. The summed E-state index contributed by atoms with van der Waals surface area (Å²) in [5, 5.41) is 0. The Morgan fingerprint density at radius 2 is 1.79 bits per heavy atom. The first-order valence-corrected chi connectivity index (χ1v) is 9.71. The summed E-state index contributed by atoms with van der Waals surface area (Å²) in [7, 11) is 0. The first-order chi connectivity index (χ1) is 14.2. The van der Waals surface area contributed by atoms with Crippen molar-refractivity contribution in [2.24, 2.45) is 0 Å². The average Bonchev–Trinajstić information content (AvgIpc) is 2.78. The summed E-state index contributed by atoms with van der Waals surface area (Å²) in [5.74, 6) is 1.30. The Kier molecular flexibility index (Phi) is 5.50. The molecule has 1 saturated heterocycles. The fraction of sp³-hybridized carbons (Fsp3) is 0.381. The minimum atomic E-state index is -0.671. The summed E-state index contributed by atoms with van der Waals surface area (Å²) >= 11 is 0. The van der Waals surface area contributed by atoms with Crippen LogP contribution in [0.3, 0.4) is 0 Å². The Morgan fingerprint density at radius 1 is 1.07 bits per heavy atom. The topological polar surface area (TPSA) is 81.2 Å². The van der Waals surface area contributed by atoms with E-state index in [1.165, 1.54) is 0 Å². The molecule has 1 atom stereocenters. The van der Waals surface area contributed by atoms with Crippen LogP contribution in [-0.4, -0.2) is 72.1 Å². The maximum atomic E-state index is 12.9. The van der Waals surface area contributed by atoms with Crippen LogP contribution < -0.4 is 14.2 Å². The van der Waals surface area contributed by atoms with Gasteiger partial charge in [-0.1, -0.05) is 12.1 Å². The molecular formula is C21H23N3O5. The molecule has 1 aromatic carbocycles. The van der Waals surface area contributed by atoms with Crippen LogP contribution in [0.25, 0.3) is 0 Å². The lowest BCUT2D eigenvalue weighted by atomic mass is 10.2. The lowest BCUT2D eigenvalue weighted by molar-refractivity contribution is -0.142. The second-order valence-electron chi connectivity index (χ2n) is 6.77. The van der Waals surface area contributed by atoms with Gasteiger partial charge in [0.2, 0.25) is 12.0 Å². The van der Waals surface area contributed by atoms with Gasteiger partial charge in [-0.15, -0.1) is 0 Å². The Bertz CT molecular complexity index is 895. The van der Waals surface area contributed by atoms with Crippen LogP contribution in [0.4, 0.5) is 0 Å². The molecule has 0 spiro atoms. The predicted octanol–water partition coefficient (Wildman–Crippen LogP) is 1.60. The molecule has 0 radical (unpaired) electrons. The van der Waals surface area contributed by atoms with E-state index in [4.69, 9.17) is 14.2 Å². The molecule has 29 heavy (non-hydrogen) atoms. The maximum absolute atomic E-state index is 12.9. The average molecular weight is 397 g/mol. The Balaban J connectivity index is 1.36. The van der Waals surface area contributed by atoms with Crippen LogP contribution >= 0.6 is 0 Å². The molecule has 2 aromatic rings. The summed E-state index contributed by atoms with van der Waals surface area (Å²) in [4.78, 5) is 33.3. The highest BCUT2D eigenvalue weighted by Crippen LogP contribution is 2.31. The largest absolute Gasteiger partial charge is 0.485 e. The van der Waals surface area contributed by atoms with Gasteiger partial charge in [0.25, 0.3) is 11.8 Å². The van der Waals surface area contributed by atoms with Gasteiger partial charge in [0, 0.05) is 32.4 Å². The van der Waals surface area contributed by atoms with Gasteiger partial charge in [0.15, 0.2) is 11.5 Å². The molecule has 0 bridgehead atoms. The fourth-order valence-electron chi connectivity index (χ4n) is 3.45. The summed E-state index contributed by atoms with van der Waals surface area (Å²) in [6, 6.07) is 10.7. The van der Waals surface area contributed by atoms with Gasteiger partial charge in [0.05, 0.1) is 6.61 Å². The van der Waals surface area contributed by atoms with Crippen LogP contribution in [0.5, 0.6) is 17.4 Å². The van der Waals surface area contributed by atoms with Gasteiger partial charge in [-0.3, -0.25) is 9.59 Å². The summed E-state index contributed by atoms with van der Waals surface area (Å²) < 4.78 is 16.9. The van der Waals surface area contributed by atoms with Gasteiger partial charge in [-0.2, -0.15) is 0 Å². The zero-order valence-electron chi connectivity index (χ0n) is 16.2. The van der Waals surface area contributed by atoms with E-state index in [-0.39, 0.29) is 18.4 Å². The number of carbonyl (C=O) groups is 2. The van der Waals surface area contributed by atoms with Gasteiger partial charge in [0.1, 0.15) is 12.2 Å². The van der Waals surface area contributed by atoms with E-state index in [1.54, 1.807) is 34.2 Å². The van der Waals surface area contributed by atoms with Gasteiger partial charge >= 0.3 is 0 Å². The third-order valence-corrected chi connectivity index (χ3v) is 4.95. The molecule has 152 valence electrons. The van der Waals surface area contributed by atoms with Crippen LogP contribution in [0.15, 0.2) is 42.6 Å². The number of carbonyl (C=O) groups excluding carboxylic acids is 2. The number of para-hydroxylation sites is 2. The predicted molar refractivity (Wildman–Crippen MR) is 104 cm³/mol. The molecular weight excluding hydrogens is 374 g/mol. The molecule has 4 rings (SSSR count). The molecule has 0 N–H and O–H groups in total. The van der Waals surface area contributed by atoms with Crippen molar-refractivity contribution in [2.45, 2.75) is 13.0 Å².